The SMILES string of the molecule is CSCCC(N)C(=O)NC(Cc1cnc[nH]1)C(=O)NC(CC(C)C)C(=O)NC(CCCN=C(N)N)C(=O)O. The van der Waals surface area contributed by atoms with Crippen molar-refractivity contribution in [2.75, 3.05) is 18.6 Å². The molecule has 1 heterocycles. The van der Waals surface area contributed by atoms with E-state index in [0.717, 1.165) is 0 Å². The number of nitrogens with one attached hydrogen (secondary N) is 4. The summed E-state index contributed by atoms with van der Waals surface area (Å²) in [6, 6.07) is -4.07. The normalized spacial score (nSPS) is 14.1. The van der Waals surface area contributed by atoms with E-state index in [1.165, 1.54) is 12.5 Å². The minimum Gasteiger partial charge on any atom is -0.480 e. The van der Waals surface area contributed by atoms with Crippen LogP contribution in [0.25, 0.3) is 0 Å². The average Bonchev–Trinajstić information content (AvgIpc) is 3.35. The number of guanidine groups is 1. The fourth-order valence-electron chi connectivity index (χ4n) is 3.49. The van der Waals surface area contributed by atoms with Gasteiger partial charge in [-0.05, 0) is 43.6 Å². The van der Waals surface area contributed by atoms with Crippen LogP contribution in [0.5, 0.6) is 0 Å². The highest BCUT2D eigenvalue weighted by Crippen LogP contribution is 2.09. The van der Waals surface area contributed by atoms with Crippen LogP contribution in [0.1, 0.15) is 45.2 Å². The molecule has 1 aromatic heterocycles. The van der Waals surface area contributed by atoms with Crippen LogP contribution in [0.3, 0.4) is 0 Å². The van der Waals surface area contributed by atoms with E-state index in [2.05, 4.69) is 30.9 Å². The van der Waals surface area contributed by atoms with Crippen LogP contribution in [0.15, 0.2) is 17.5 Å². The van der Waals surface area contributed by atoms with E-state index < -0.39 is 47.9 Å². The van der Waals surface area contributed by atoms with E-state index >= 15 is 0 Å². The molecule has 11 N–H and O–H groups in total. The third-order valence-electron chi connectivity index (χ3n) is 5.48. The summed E-state index contributed by atoms with van der Waals surface area (Å²) in [4.78, 5) is 61.4. The zero-order valence-electron chi connectivity index (χ0n) is 22.1. The molecule has 4 unspecified atom stereocenters. The quantitative estimate of drug-likeness (QED) is 0.0602. The molecule has 0 aliphatic rings. The van der Waals surface area contributed by atoms with Crippen LogP contribution in [-0.4, -0.2) is 87.4 Å². The molecule has 14 nitrogen and oxygen atoms in total. The number of carbonyl (C=O) groups excluding carboxylic acids is 3. The van der Waals surface area contributed by atoms with E-state index in [1.807, 2.05) is 20.1 Å². The number of carboxylic acids is 1. The standard InChI is InChI=1S/C23H41N9O5S/c1-13(2)9-17(20(34)30-16(22(36)37)5-4-7-28-23(25)26)32-21(35)18(10-14-11-27-12-29-14)31-19(33)15(24)6-8-38-3/h11-13,15-18H,4-10,24H2,1-3H3,(H,27,29)(H,30,34)(H,31,33)(H,32,35)(H,36,37)(H4,25,26,28). The van der Waals surface area contributed by atoms with Gasteiger partial charge < -0.3 is 43.2 Å². The molecule has 4 atom stereocenters. The van der Waals surface area contributed by atoms with Crippen molar-refractivity contribution in [3.63, 3.8) is 0 Å². The summed E-state index contributed by atoms with van der Waals surface area (Å²) >= 11 is 1.55. The lowest BCUT2D eigenvalue weighted by Gasteiger charge is -2.26. The van der Waals surface area contributed by atoms with Crippen LogP contribution in [0.2, 0.25) is 0 Å². The zero-order valence-corrected chi connectivity index (χ0v) is 22.9. The first-order chi connectivity index (χ1) is 17.9. The molecule has 214 valence electrons. The molecule has 3 amide bonds. The molecule has 0 saturated heterocycles. The molecule has 0 bridgehead atoms. The van der Waals surface area contributed by atoms with Crippen molar-refractivity contribution in [2.24, 2.45) is 28.1 Å². The third kappa shape index (κ3) is 12.8. The smallest absolute Gasteiger partial charge is 0.326 e. The Labute approximate surface area is 226 Å². The van der Waals surface area contributed by atoms with Crippen molar-refractivity contribution in [1.29, 1.82) is 0 Å². The summed E-state index contributed by atoms with van der Waals surface area (Å²) in [5, 5.41) is 17.4. The number of hydrogen-bond donors (Lipinski definition) is 8. The maximum atomic E-state index is 13.3. The second kappa shape index (κ2) is 17.2. The Morgan fingerprint density at radius 2 is 1.68 bits per heavy atom. The number of aliphatic imine (C=N–C) groups is 1. The minimum atomic E-state index is -1.22. The number of thioether (sulfide) groups is 1. The van der Waals surface area contributed by atoms with Crippen molar-refractivity contribution < 1.29 is 24.3 Å². The lowest BCUT2D eigenvalue weighted by Crippen LogP contribution is -2.58. The number of amides is 3. The molecule has 0 aliphatic heterocycles. The van der Waals surface area contributed by atoms with E-state index in [0.29, 0.717) is 24.3 Å². The predicted octanol–water partition coefficient (Wildman–Crippen LogP) is -1.33. The highest BCUT2D eigenvalue weighted by Gasteiger charge is 2.31. The second-order valence-electron chi connectivity index (χ2n) is 9.27. The predicted molar refractivity (Wildman–Crippen MR) is 146 cm³/mol. The molecule has 0 aliphatic carbocycles. The minimum absolute atomic E-state index is 0.00295. The maximum Gasteiger partial charge on any atom is 0.326 e. The first kappa shape index (κ1) is 32.7. The Balaban J connectivity index is 2.99. The number of imidazole rings is 1. The van der Waals surface area contributed by atoms with Gasteiger partial charge in [0.2, 0.25) is 17.7 Å². The number of aromatic nitrogens is 2. The summed E-state index contributed by atoms with van der Waals surface area (Å²) in [6.45, 7) is 3.94. The van der Waals surface area contributed by atoms with Crippen molar-refractivity contribution in [3.05, 3.63) is 18.2 Å². The third-order valence-corrected chi connectivity index (χ3v) is 6.13. The van der Waals surface area contributed by atoms with Gasteiger partial charge in [0.25, 0.3) is 0 Å². The first-order valence-electron chi connectivity index (χ1n) is 12.4. The molecule has 38 heavy (non-hydrogen) atoms. The Morgan fingerprint density at radius 3 is 2.24 bits per heavy atom. The van der Waals surface area contributed by atoms with Crippen molar-refractivity contribution in [3.8, 4) is 0 Å². The Hall–Kier alpha value is -3.33. The number of rotatable bonds is 18. The summed E-state index contributed by atoms with van der Waals surface area (Å²) in [5.74, 6) is -2.40. The second-order valence-corrected chi connectivity index (χ2v) is 10.3. The van der Waals surface area contributed by atoms with Crippen molar-refractivity contribution in [1.82, 2.24) is 25.9 Å². The summed E-state index contributed by atoms with van der Waals surface area (Å²) in [5.41, 5.74) is 17.1. The van der Waals surface area contributed by atoms with Gasteiger partial charge in [-0.2, -0.15) is 11.8 Å². The van der Waals surface area contributed by atoms with E-state index in [1.54, 1.807) is 11.8 Å². The van der Waals surface area contributed by atoms with Crippen LogP contribution in [0, 0.1) is 5.92 Å². The number of carboxylic acid groups (broad SMARTS) is 1. The van der Waals surface area contributed by atoms with Gasteiger partial charge in [0, 0.05) is 24.9 Å². The number of hydrogen-bond acceptors (Lipinski definition) is 8. The van der Waals surface area contributed by atoms with Crippen LogP contribution in [0.4, 0.5) is 0 Å². The number of nitrogens with two attached hydrogens (primary N) is 3. The van der Waals surface area contributed by atoms with Crippen molar-refractivity contribution >= 4 is 41.4 Å². The van der Waals surface area contributed by atoms with Gasteiger partial charge in [0.15, 0.2) is 5.96 Å². The van der Waals surface area contributed by atoms with Crippen LogP contribution < -0.4 is 33.2 Å². The number of aliphatic carboxylic acids is 1. The zero-order chi connectivity index (χ0) is 28.7. The summed E-state index contributed by atoms with van der Waals surface area (Å²) in [7, 11) is 0. The molecule has 0 fully saturated rings. The Morgan fingerprint density at radius 1 is 1.05 bits per heavy atom. The first-order valence-corrected chi connectivity index (χ1v) is 13.7. The Bertz CT molecular complexity index is 922. The van der Waals surface area contributed by atoms with Crippen LogP contribution in [-0.2, 0) is 25.6 Å². The highest BCUT2D eigenvalue weighted by atomic mass is 32.2. The molecule has 0 saturated carbocycles. The topological polar surface area (TPSA) is 244 Å². The lowest BCUT2D eigenvalue weighted by molar-refractivity contribution is -0.142. The molecular weight excluding hydrogens is 514 g/mol. The van der Waals surface area contributed by atoms with Gasteiger partial charge in [-0.3, -0.25) is 19.4 Å². The van der Waals surface area contributed by atoms with Gasteiger partial charge in [-0.15, -0.1) is 0 Å². The monoisotopic (exact) mass is 555 g/mol. The summed E-state index contributed by atoms with van der Waals surface area (Å²) in [6.07, 6.45) is 6.06. The van der Waals surface area contributed by atoms with Crippen molar-refractivity contribution in [2.45, 2.75) is 70.1 Å². The lowest BCUT2D eigenvalue weighted by atomic mass is 10.0. The van der Waals surface area contributed by atoms with Gasteiger partial charge in [-0.25, -0.2) is 9.78 Å². The molecule has 1 aromatic rings. The van der Waals surface area contributed by atoms with Crippen LogP contribution >= 0.6 is 11.8 Å². The fourth-order valence-corrected chi connectivity index (χ4v) is 3.98. The van der Waals surface area contributed by atoms with E-state index in [-0.39, 0.29) is 37.7 Å². The molecule has 0 radical (unpaired) electrons. The fraction of sp³-hybridized carbons (Fsp3) is 0.652. The van der Waals surface area contributed by atoms with E-state index in [4.69, 9.17) is 17.2 Å². The van der Waals surface area contributed by atoms with E-state index in [9.17, 15) is 24.3 Å². The van der Waals surface area contributed by atoms with Gasteiger partial charge in [-0.1, -0.05) is 13.8 Å². The largest absolute Gasteiger partial charge is 0.480 e. The molecule has 0 aromatic carbocycles. The summed E-state index contributed by atoms with van der Waals surface area (Å²) < 4.78 is 0. The Kier molecular flexibility index (Phi) is 14.8. The molecule has 15 heteroatoms. The molecule has 0 spiro atoms. The van der Waals surface area contributed by atoms with Gasteiger partial charge >= 0.3 is 5.97 Å². The maximum absolute atomic E-state index is 13.3. The van der Waals surface area contributed by atoms with Gasteiger partial charge in [0.1, 0.15) is 18.1 Å². The highest BCUT2D eigenvalue weighted by molar-refractivity contribution is 7.98. The number of nitrogens with zero attached hydrogens (tertiary/aromatic N) is 2. The number of aromatic amines is 1. The number of H-pyrrole nitrogens is 1. The van der Waals surface area contributed by atoms with Gasteiger partial charge in [0.05, 0.1) is 12.4 Å². The molecular formula is C23H41N9O5S. The molecule has 1 rings (SSSR count). The number of carbonyl (C=O) groups is 4. The average molecular weight is 556 g/mol.